The van der Waals surface area contributed by atoms with E-state index in [1.165, 1.54) is 10.4 Å². The minimum Gasteiger partial charge on any atom is -0.293 e. The maximum atomic E-state index is 12.7. The van der Waals surface area contributed by atoms with Crippen LogP contribution in [0, 0.1) is 6.92 Å². The molecule has 0 aromatic carbocycles. The van der Waals surface area contributed by atoms with E-state index in [4.69, 9.17) is 0 Å². The number of rotatable bonds is 2. The molecule has 0 aliphatic heterocycles. The number of fused-ring (bicyclic) bond motifs is 3. The zero-order chi connectivity index (χ0) is 14.4. The van der Waals surface area contributed by atoms with Gasteiger partial charge in [-0.05, 0) is 43.9 Å². The second kappa shape index (κ2) is 4.77. The average molecular weight is 297 g/mol. The number of aromatic nitrogens is 3. The van der Waals surface area contributed by atoms with E-state index in [0.29, 0.717) is 6.54 Å². The number of aryl methyl sites for hydroxylation is 3. The first kappa shape index (κ1) is 12.7. The molecule has 0 saturated carbocycles. The third kappa shape index (κ3) is 2.08. The van der Waals surface area contributed by atoms with Gasteiger partial charge in [0.25, 0.3) is 5.56 Å². The third-order valence-electron chi connectivity index (χ3n) is 3.97. The summed E-state index contributed by atoms with van der Waals surface area (Å²) >= 11 is 1.68. The summed E-state index contributed by atoms with van der Waals surface area (Å²) in [6.07, 6.45) is 4.92. The fourth-order valence-corrected chi connectivity index (χ4v) is 4.21. The van der Waals surface area contributed by atoms with Crippen LogP contribution in [0.15, 0.2) is 29.3 Å². The lowest BCUT2D eigenvalue weighted by Crippen LogP contribution is -2.21. The molecule has 0 atom stereocenters. The molecule has 0 fully saturated rings. The summed E-state index contributed by atoms with van der Waals surface area (Å²) in [5, 5.41) is 0.836. The minimum absolute atomic E-state index is 0.0720. The fraction of sp³-hybridized carbons (Fsp3) is 0.312. The molecule has 4 rings (SSSR count). The number of hydrogen-bond donors (Lipinski definition) is 0. The molecule has 0 unspecified atom stereocenters. The molecule has 0 spiro atoms. The Hall–Kier alpha value is -2.01. The van der Waals surface area contributed by atoms with Crippen LogP contribution >= 0.6 is 11.3 Å². The minimum atomic E-state index is 0.0720. The van der Waals surface area contributed by atoms with Crippen LogP contribution in [0.1, 0.15) is 28.2 Å². The smallest absolute Gasteiger partial charge is 0.262 e. The highest BCUT2D eigenvalue weighted by atomic mass is 32.1. The van der Waals surface area contributed by atoms with Gasteiger partial charge in [0.05, 0.1) is 24.0 Å². The quantitative estimate of drug-likeness (QED) is 0.730. The number of pyridine rings is 1. The van der Waals surface area contributed by atoms with Crippen LogP contribution in [0.2, 0.25) is 0 Å². The van der Waals surface area contributed by atoms with Crippen molar-refractivity contribution < 1.29 is 0 Å². The van der Waals surface area contributed by atoms with Crippen molar-refractivity contribution in [2.24, 2.45) is 0 Å². The topological polar surface area (TPSA) is 47.8 Å². The van der Waals surface area contributed by atoms with E-state index < -0.39 is 0 Å². The average Bonchev–Trinajstić information content (AvgIpc) is 3.02. The van der Waals surface area contributed by atoms with Gasteiger partial charge < -0.3 is 0 Å². The number of thiophene rings is 1. The predicted octanol–water partition coefficient (Wildman–Crippen LogP) is 2.70. The zero-order valence-electron chi connectivity index (χ0n) is 11.8. The molecule has 3 heterocycles. The van der Waals surface area contributed by atoms with Crippen molar-refractivity contribution in [2.45, 2.75) is 32.7 Å². The van der Waals surface area contributed by atoms with Gasteiger partial charge in [-0.1, -0.05) is 6.07 Å². The summed E-state index contributed by atoms with van der Waals surface area (Å²) in [5.41, 5.74) is 3.16. The van der Waals surface area contributed by atoms with Crippen molar-refractivity contribution in [1.29, 1.82) is 0 Å². The van der Waals surface area contributed by atoms with Gasteiger partial charge in [0, 0.05) is 10.6 Å². The van der Waals surface area contributed by atoms with E-state index in [1.54, 1.807) is 22.2 Å². The van der Waals surface area contributed by atoms with E-state index in [-0.39, 0.29) is 5.56 Å². The molecular formula is C16H15N3OS. The van der Waals surface area contributed by atoms with Crippen molar-refractivity contribution in [2.75, 3.05) is 0 Å². The molecule has 0 bridgehead atoms. The SMILES string of the molecule is Cc1cccc(Cn2cnc3sc4c(c3c2=O)CCC4)n1. The van der Waals surface area contributed by atoms with Crippen molar-refractivity contribution >= 4 is 21.6 Å². The second-order valence-corrected chi connectivity index (χ2v) is 6.57. The Bertz CT molecular complexity index is 894. The van der Waals surface area contributed by atoms with Crippen LogP contribution < -0.4 is 5.56 Å². The van der Waals surface area contributed by atoms with Crippen molar-refractivity contribution in [3.63, 3.8) is 0 Å². The molecule has 21 heavy (non-hydrogen) atoms. The maximum Gasteiger partial charge on any atom is 0.262 e. The van der Waals surface area contributed by atoms with Crippen LogP contribution in [-0.4, -0.2) is 14.5 Å². The maximum absolute atomic E-state index is 12.7. The molecule has 5 heteroatoms. The van der Waals surface area contributed by atoms with Crippen LogP contribution in [0.25, 0.3) is 10.2 Å². The lowest BCUT2D eigenvalue weighted by Gasteiger charge is -2.06. The molecule has 4 nitrogen and oxygen atoms in total. The molecule has 0 amide bonds. The van der Waals surface area contributed by atoms with Gasteiger partial charge in [-0.25, -0.2) is 4.98 Å². The van der Waals surface area contributed by atoms with E-state index in [2.05, 4.69) is 9.97 Å². The summed E-state index contributed by atoms with van der Waals surface area (Å²) in [5.74, 6) is 0. The van der Waals surface area contributed by atoms with E-state index in [1.807, 2.05) is 25.1 Å². The first-order valence-electron chi connectivity index (χ1n) is 7.14. The second-order valence-electron chi connectivity index (χ2n) is 5.49. The summed E-state index contributed by atoms with van der Waals surface area (Å²) in [4.78, 5) is 23.9. The Kier molecular flexibility index (Phi) is 2.89. The van der Waals surface area contributed by atoms with Gasteiger partial charge in [0.2, 0.25) is 0 Å². The molecule has 1 aliphatic carbocycles. The van der Waals surface area contributed by atoms with Crippen LogP contribution in [0.4, 0.5) is 0 Å². The highest BCUT2D eigenvalue weighted by Gasteiger charge is 2.21. The lowest BCUT2D eigenvalue weighted by molar-refractivity contribution is 0.727. The highest BCUT2D eigenvalue weighted by Crippen LogP contribution is 2.34. The molecule has 3 aromatic rings. The zero-order valence-corrected chi connectivity index (χ0v) is 12.6. The van der Waals surface area contributed by atoms with Crippen molar-refractivity contribution in [1.82, 2.24) is 14.5 Å². The third-order valence-corrected chi connectivity index (χ3v) is 5.17. The standard InChI is InChI=1S/C16H15N3OS/c1-10-4-2-5-11(18-10)8-19-9-17-15-14(16(19)20)12-6-3-7-13(12)21-15/h2,4-5,9H,3,6-8H2,1H3. The normalized spacial score (nSPS) is 13.8. The Morgan fingerprint density at radius 2 is 2.24 bits per heavy atom. The summed E-state index contributed by atoms with van der Waals surface area (Å²) < 4.78 is 1.68. The van der Waals surface area contributed by atoms with Crippen LogP contribution in [0.3, 0.4) is 0 Å². The van der Waals surface area contributed by atoms with Gasteiger partial charge >= 0.3 is 0 Å². The van der Waals surface area contributed by atoms with Crippen LogP contribution in [0.5, 0.6) is 0 Å². The molecule has 0 saturated heterocycles. The summed E-state index contributed by atoms with van der Waals surface area (Å²) in [7, 11) is 0. The molecular weight excluding hydrogens is 282 g/mol. The van der Waals surface area contributed by atoms with Crippen molar-refractivity contribution in [3.8, 4) is 0 Å². The van der Waals surface area contributed by atoms with Gasteiger partial charge in [-0.15, -0.1) is 11.3 Å². The Morgan fingerprint density at radius 3 is 3.10 bits per heavy atom. The monoisotopic (exact) mass is 297 g/mol. The Balaban J connectivity index is 1.83. The Morgan fingerprint density at radius 1 is 1.33 bits per heavy atom. The van der Waals surface area contributed by atoms with Gasteiger partial charge in [0.15, 0.2) is 0 Å². The van der Waals surface area contributed by atoms with Gasteiger partial charge in [0.1, 0.15) is 4.83 Å². The molecule has 1 aliphatic rings. The highest BCUT2D eigenvalue weighted by molar-refractivity contribution is 7.18. The first-order chi connectivity index (χ1) is 10.2. The summed E-state index contributed by atoms with van der Waals surface area (Å²) in [6, 6.07) is 5.87. The fourth-order valence-electron chi connectivity index (χ4n) is 2.99. The van der Waals surface area contributed by atoms with Crippen LogP contribution in [-0.2, 0) is 19.4 Å². The van der Waals surface area contributed by atoms with E-state index in [0.717, 1.165) is 40.9 Å². The van der Waals surface area contributed by atoms with E-state index in [9.17, 15) is 4.79 Å². The lowest BCUT2D eigenvalue weighted by atomic mass is 10.2. The number of nitrogens with zero attached hydrogens (tertiary/aromatic N) is 3. The summed E-state index contributed by atoms with van der Waals surface area (Å²) in [6.45, 7) is 2.44. The van der Waals surface area contributed by atoms with Gasteiger partial charge in [-0.2, -0.15) is 0 Å². The van der Waals surface area contributed by atoms with Crippen molar-refractivity contribution in [3.05, 3.63) is 56.7 Å². The largest absolute Gasteiger partial charge is 0.293 e. The number of hydrogen-bond acceptors (Lipinski definition) is 4. The molecule has 0 N–H and O–H groups in total. The molecule has 106 valence electrons. The molecule has 0 radical (unpaired) electrons. The first-order valence-corrected chi connectivity index (χ1v) is 7.96. The molecule has 3 aromatic heterocycles. The van der Waals surface area contributed by atoms with E-state index >= 15 is 0 Å². The predicted molar refractivity (Wildman–Crippen MR) is 84.0 cm³/mol. The Labute approximate surface area is 126 Å². The van der Waals surface area contributed by atoms with Gasteiger partial charge in [-0.3, -0.25) is 14.3 Å².